The number of hydrogen-bond acceptors (Lipinski definition) is 3. The predicted octanol–water partition coefficient (Wildman–Crippen LogP) is 1.95. The van der Waals surface area contributed by atoms with Crippen LogP contribution in [0.4, 0.5) is 5.69 Å². The Morgan fingerprint density at radius 2 is 1.71 bits per heavy atom. The molecule has 1 heterocycles. The van der Waals surface area contributed by atoms with Gasteiger partial charge in [-0.15, -0.1) is 0 Å². The van der Waals surface area contributed by atoms with Crippen LogP contribution in [0.15, 0.2) is 28.7 Å². The zero-order valence-corrected chi connectivity index (χ0v) is 11.6. The van der Waals surface area contributed by atoms with Gasteiger partial charge in [0.1, 0.15) is 0 Å². The molecule has 17 heavy (non-hydrogen) atoms. The Labute approximate surface area is 111 Å². The molecule has 2 rings (SSSR count). The summed E-state index contributed by atoms with van der Waals surface area (Å²) in [6, 6.07) is 8.36. The van der Waals surface area contributed by atoms with Gasteiger partial charge >= 0.3 is 0 Å². The number of halogens is 1. The van der Waals surface area contributed by atoms with Crippen molar-refractivity contribution >= 4 is 21.6 Å². The van der Waals surface area contributed by atoms with E-state index in [4.69, 9.17) is 11.5 Å². The highest BCUT2D eigenvalue weighted by Gasteiger charge is 2.32. The number of hydrogen-bond donors (Lipinski definition) is 2. The second-order valence-electron chi connectivity index (χ2n) is 4.85. The highest BCUT2D eigenvalue weighted by molar-refractivity contribution is 9.10. The van der Waals surface area contributed by atoms with Crippen molar-refractivity contribution in [2.75, 3.05) is 31.1 Å². The monoisotopic (exact) mass is 297 g/mol. The Balaban J connectivity index is 2.07. The van der Waals surface area contributed by atoms with Gasteiger partial charge < -0.3 is 16.4 Å². The molecule has 1 aromatic rings. The summed E-state index contributed by atoms with van der Waals surface area (Å²) < 4.78 is 1.16. The maximum Gasteiger partial charge on any atom is 0.0510 e. The first-order chi connectivity index (χ1) is 8.21. The standard InChI is InChI=1S/C13H20BrN3/c14-11-3-1-2-4-12(11)17-7-5-13(9-15,10-16)6-8-17/h1-4H,5-10,15-16H2. The zero-order valence-electron chi connectivity index (χ0n) is 10.0. The smallest absolute Gasteiger partial charge is 0.0510 e. The lowest BCUT2D eigenvalue weighted by Crippen LogP contribution is -2.48. The van der Waals surface area contributed by atoms with E-state index < -0.39 is 0 Å². The molecule has 0 bridgehead atoms. The number of anilines is 1. The van der Waals surface area contributed by atoms with E-state index in [0.717, 1.165) is 30.4 Å². The van der Waals surface area contributed by atoms with Crippen LogP contribution in [-0.2, 0) is 0 Å². The molecule has 1 fully saturated rings. The summed E-state index contributed by atoms with van der Waals surface area (Å²) in [5.41, 5.74) is 13.1. The molecule has 0 aromatic heterocycles. The minimum absolute atomic E-state index is 0.164. The SMILES string of the molecule is NCC1(CN)CCN(c2ccccc2Br)CC1. The molecule has 94 valence electrons. The van der Waals surface area contributed by atoms with E-state index >= 15 is 0 Å². The summed E-state index contributed by atoms with van der Waals surface area (Å²) in [6.45, 7) is 3.48. The number of nitrogens with two attached hydrogens (primary N) is 2. The molecule has 0 spiro atoms. The number of benzene rings is 1. The summed E-state index contributed by atoms with van der Waals surface area (Å²) in [4.78, 5) is 2.41. The van der Waals surface area contributed by atoms with Crippen LogP contribution in [0.1, 0.15) is 12.8 Å². The third-order valence-corrected chi connectivity index (χ3v) is 4.55. The average Bonchev–Trinajstić information content (AvgIpc) is 2.40. The highest BCUT2D eigenvalue weighted by Crippen LogP contribution is 2.34. The first-order valence-corrected chi connectivity index (χ1v) is 6.90. The summed E-state index contributed by atoms with van der Waals surface area (Å²) in [5.74, 6) is 0. The van der Waals surface area contributed by atoms with E-state index in [0.29, 0.717) is 13.1 Å². The zero-order chi connectivity index (χ0) is 12.3. The maximum atomic E-state index is 5.86. The van der Waals surface area contributed by atoms with E-state index in [1.807, 2.05) is 6.07 Å². The molecule has 1 aromatic carbocycles. The highest BCUT2D eigenvalue weighted by atomic mass is 79.9. The maximum absolute atomic E-state index is 5.86. The summed E-state index contributed by atoms with van der Waals surface area (Å²) in [7, 11) is 0. The normalized spacial score (nSPS) is 19.4. The second-order valence-corrected chi connectivity index (χ2v) is 5.70. The number of para-hydroxylation sites is 1. The van der Waals surface area contributed by atoms with Gasteiger partial charge in [-0.2, -0.15) is 0 Å². The van der Waals surface area contributed by atoms with Gasteiger partial charge in [0.15, 0.2) is 0 Å². The first-order valence-electron chi connectivity index (χ1n) is 6.10. The predicted molar refractivity (Wildman–Crippen MR) is 76.1 cm³/mol. The molecule has 4 heteroatoms. The lowest BCUT2D eigenvalue weighted by molar-refractivity contribution is 0.238. The summed E-state index contributed by atoms with van der Waals surface area (Å²) in [5, 5.41) is 0. The van der Waals surface area contributed by atoms with Crippen LogP contribution in [0, 0.1) is 5.41 Å². The molecule has 0 radical (unpaired) electrons. The van der Waals surface area contributed by atoms with Gasteiger partial charge in [0, 0.05) is 17.6 Å². The van der Waals surface area contributed by atoms with Gasteiger partial charge in [-0.1, -0.05) is 12.1 Å². The fourth-order valence-electron chi connectivity index (χ4n) is 2.42. The van der Waals surface area contributed by atoms with Crippen molar-refractivity contribution in [2.45, 2.75) is 12.8 Å². The molecule has 0 saturated carbocycles. The van der Waals surface area contributed by atoms with Crippen molar-refractivity contribution < 1.29 is 0 Å². The third kappa shape index (κ3) is 2.64. The second kappa shape index (κ2) is 5.38. The van der Waals surface area contributed by atoms with E-state index in [1.165, 1.54) is 5.69 Å². The Kier molecular flexibility index (Phi) is 4.07. The van der Waals surface area contributed by atoms with Crippen molar-refractivity contribution in [3.8, 4) is 0 Å². The lowest BCUT2D eigenvalue weighted by atomic mass is 9.78. The Morgan fingerprint density at radius 1 is 1.12 bits per heavy atom. The molecule has 0 atom stereocenters. The minimum atomic E-state index is 0.164. The molecule has 1 saturated heterocycles. The number of piperidine rings is 1. The van der Waals surface area contributed by atoms with Gasteiger partial charge in [-0.05, 0) is 59.4 Å². The van der Waals surface area contributed by atoms with Crippen LogP contribution >= 0.6 is 15.9 Å². The van der Waals surface area contributed by atoms with E-state index in [-0.39, 0.29) is 5.41 Å². The topological polar surface area (TPSA) is 55.3 Å². The lowest BCUT2D eigenvalue weighted by Gasteiger charge is -2.41. The Bertz CT molecular complexity index is 367. The van der Waals surface area contributed by atoms with Gasteiger partial charge in [0.05, 0.1) is 5.69 Å². The largest absolute Gasteiger partial charge is 0.371 e. The number of nitrogens with zero attached hydrogens (tertiary/aromatic N) is 1. The first kappa shape index (κ1) is 12.9. The molecule has 4 N–H and O–H groups in total. The molecule has 0 unspecified atom stereocenters. The Morgan fingerprint density at radius 3 is 2.24 bits per heavy atom. The van der Waals surface area contributed by atoms with Crippen molar-refractivity contribution in [2.24, 2.45) is 16.9 Å². The number of rotatable bonds is 3. The molecular formula is C13H20BrN3. The molecule has 3 nitrogen and oxygen atoms in total. The summed E-state index contributed by atoms with van der Waals surface area (Å²) >= 11 is 3.60. The van der Waals surface area contributed by atoms with Crippen molar-refractivity contribution in [3.05, 3.63) is 28.7 Å². The van der Waals surface area contributed by atoms with Crippen molar-refractivity contribution in [1.82, 2.24) is 0 Å². The van der Waals surface area contributed by atoms with Gasteiger partial charge in [-0.3, -0.25) is 0 Å². The van der Waals surface area contributed by atoms with Crippen LogP contribution in [0.2, 0.25) is 0 Å². The molecular weight excluding hydrogens is 278 g/mol. The minimum Gasteiger partial charge on any atom is -0.371 e. The van der Waals surface area contributed by atoms with E-state index in [9.17, 15) is 0 Å². The average molecular weight is 298 g/mol. The fourth-order valence-corrected chi connectivity index (χ4v) is 2.96. The third-order valence-electron chi connectivity index (χ3n) is 3.88. The Hall–Kier alpha value is -0.580. The van der Waals surface area contributed by atoms with Crippen molar-refractivity contribution in [3.63, 3.8) is 0 Å². The van der Waals surface area contributed by atoms with Crippen molar-refractivity contribution in [1.29, 1.82) is 0 Å². The van der Waals surface area contributed by atoms with Gasteiger partial charge in [0.2, 0.25) is 0 Å². The fraction of sp³-hybridized carbons (Fsp3) is 0.538. The van der Waals surface area contributed by atoms with Crippen LogP contribution in [0.3, 0.4) is 0 Å². The van der Waals surface area contributed by atoms with Crippen LogP contribution in [-0.4, -0.2) is 26.2 Å². The van der Waals surface area contributed by atoms with Gasteiger partial charge in [0.25, 0.3) is 0 Å². The molecule has 0 amide bonds. The molecule has 0 aliphatic carbocycles. The molecule has 1 aliphatic heterocycles. The quantitative estimate of drug-likeness (QED) is 0.897. The summed E-state index contributed by atoms with van der Waals surface area (Å²) in [6.07, 6.45) is 2.17. The van der Waals surface area contributed by atoms with E-state index in [1.54, 1.807) is 0 Å². The van der Waals surface area contributed by atoms with Crippen LogP contribution in [0.5, 0.6) is 0 Å². The van der Waals surface area contributed by atoms with Crippen LogP contribution < -0.4 is 16.4 Å². The molecule has 1 aliphatic rings. The van der Waals surface area contributed by atoms with Gasteiger partial charge in [-0.25, -0.2) is 0 Å². The van der Waals surface area contributed by atoms with Crippen LogP contribution in [0.25, 0.3) is 0 Å². The van der Waals surface area contributed by atoms with E-state index in [2.05, 4.69) is 39.0 Å².